The standard InChI is InChI=1S/C26H16Cl3F3N2O5/c1-38-17-6-3-13(22(11-17)39-12-14-2-5-16(27)10-20(14)29)8-18-23(35)33-25(37)34(24(18)36)21-9-15(26(30,31)32)4-7-19(21)28/h2-11H,12H2,1H3,(H,33,35,37)/b18-8-. The number of rotatable bonds is 6. The second kappa shape index (κ2) is 11.2. The fraction of sp³-hybridized carbons (Fsp3) is 0.115. The monoisotopic (exact) mass is 598 g/mol. The van der Waals surface area contributed by atoms with Gasteiger partial charge in [0.05, 0.1) is 23.4 Å². The molecule has 1 heterocycles. The van der Waals surface area contributed by atoms with Gasteiger partial charge in [-0.15, -0.1) is 0 Å². The van der Waals surface area contributed by atoms with Crippen LogP contribution in [0.4, 0.5) is 23.7 Å². The molecule has 0 atom stereocenters. The summed E-state index contributed by atoms with van der Waals surface area (Å²) in [5.41, 5.74) is -1.43. The van der Waals surface area contributed by atoms with Crippen molar-refractivity contribution in [3.63, 3.8) is 0 Å². The highest BCUT2D eigenvalue weighted by atomic mass is 35.5. The third kappa shape index (κ3) is 6.13. The minimum absolute atomic E-state index is 0.0239. The molecule has 3 aromatic carbocycles. The number of urea groups is 1. The largest absolute Gasteiger partial charge is 0.497 e. The molecule has 0 spiro atoms. The van der Waals surface area contributed by atoms with E-state index in [2.05, 4.69) is 0 Å². The van der Waals surface area contributed by atoms with Crippen LogP contribution in [0.5, 0.6) is 11.5 Å². The number of amides is 4. The maximum atomic E-state index is 13.3. The molecule has 1 fully saturated rings. The smallest absolute Gasteiger partial charge is 0.416 e. The molecule has 1 saturated heterocycles. The lowest BCUT2D eigenvalue weighted by Gasteiger charge is -2.27. The average Bonchev–Trinajstić information content (AvgIpc) is 2.86. The van der Waals surface area contributed by atoms with E-state index in [-0.39, 0.29) is 22.9 Å². The number of ether oxygens (including phenoxy) is 2. The summed E-state index contributed by atoms with van der Waals surface area (Å²) >= 11 is 18.2. The normalized spacial score (nSPS) is 15.0. The summed E-state index contributed by atoms with van der Waals surface area (Å²) in [6.45, 7) is -0.0239. The van der Waals surface area contributed by atoms with Gasteiger partial charge in [0.2, 0.25) is 0 Å². The first-order valence-electron chi connectivity index (χ1n) is 10.9. The van der Waals surface area contributed by atoms with Crippen LogP contribution in [0.3, 0.4) is 0 Å². The second-order valence-electron chi connectivity index (χ2n) is 8.05. The Kier molecular flexibility index (Phi) is 8.10. The molecule has 1 aliphatic heterocycles. The van der Waals surface area contributed by atoms with Crippen molar-refractivity contribution in [1.82, 2.24) is 5.32 Å². The van der Waals surface area contributed by atoms with E-state index in [4.69, 9.17) is 44.3 Å². The molecule has 1 N–H and O–H groups in total. The third-order valence-corrected chi connectivity index (χ3v) is 6.44. The summed E-state index contributed by atoms with van der Waals surface area (Å²) in [7, 11) is 1.42. The quantitative estimate of drug-likeness (QED) is 0.246. The Hall–Kier alpha value is -3.73. The van der Waals surface area contributed by atoms with Crippen molar-refractivity contribution in [1.29, 1.82) is 0 Å². The van der Waals surface area contributed by atoms with E-state index in [0.29, 0.717) is 38.4 Å². The Morgan fingerprint density at radius 1 is 0.949 bits per heavy atom. The number of benzene rings is 3. The van der Waals surface area contributed by atoms with Gasteiger partial charge < -0.3 is 9.47 Å². The molecule has 202 valence electrons. The zero-order chi connectivity index (χ0) is 28.5. The number of alkyl halides is 3. The van der Waals surface area contributed by atoms with Crippen LogP contribution < -0.4 is 19.7 Å². The first kappa shape index (κ1) is 28.3. The zero-order valence-corrected chi connectivity index (χ0v) is 22.0. The van der Waals surface area contributed by atoms with E-state index in [0.717, 1.165) is 12.1 Å². The van der Waals surface area contributed by atoms with Gasteiger partial charge in [-0.2, -0.15) is 13.2 Å². The highest BCUT2D eigenvalue weighted by Crippen LogP contribution is 2.37. The Morgan fingerprint density at radius 2 is 1.69 bits per heavy atom. The van der Waals surface area contributed by atoms with E-state index in [1.165, 1.54) is 31.4 Å². The van der Waals surface area contributed by atoms with E-state index in [9.17, 15) is 27.6 Å². The van der Waals surface area contributed by atoms with Crippen molar-refractivity contribution in [3.8, 4) is 11.5 Å². The molecular formula is C26H16Cl3F3N2O5. The van der Waals surface area contributed by atoms with E-state index >= 15 is 0 Å². The minimum atomic E-state index is -4.77. The molecule has 39 heavy (non-hydrogen) atoms. The van der Waals surface area contributed by atoms with Gasteiger partial charge in [-0.3, -0.25) is 14.9 Å². The van der Waals surface area contributed by atoms with Crippen LogP contribution in [0.1, 0.15) is 16.7 Å². The minimum Gasteiger partial charge on any atom is -0.497 e. The van der Waals surface area contributed by atoms with E-state index in [1.807, 2.05) is 5.32 Å². The molecular weight excluding hydrogens is 584 g/mol. The van der Waals surface area contributed by atoms with Gasteiger partial charge in [0.15, 0.2) is 0 Å². The summed E-state index contributed by atoms with van der Waals surface area (Å²) in [4.78, 5) is 38.8. The predicted molar refractivity (Wildman–Crippen MR) is 139 cm³/mol. The zero-order valence-electron chi connectivity index (χ0n) is 19.7. The lowest BCUT2D eigenvalue weighted by molar-refractivity contribution is -0.137. The van der Waals surface area contributed by atoms with Crippen molar-refractivity contribution < 1.29 is 37.0 Å². The van der Waals surface area contributed by atoms with Gasteiger partial charge >= 0.3 is 12.2 Å². The Morgan fingerprint density at radius 3 is 2.36 bits per heavy atom. The van der Waals surface area contributed by atoms with Gasteiger partial charge in [0.25, 0.3) is 11.8 Å². The van der Waals surface area contributed by atoms with Gasteiger partial charge in [0, 0.05) is 27.2 Å². The number of anilines is 1. The number of barbiturate groups is 1. The Labute approximate surface area is 234 Å². The van der Waals surface area contributed by atoms with Crippen molar-refractivity contribution in [2.24, 2.45) is 0 Å². The summed E-state index contributed by atoms with van der Waals surface area (Å²) in [5.74, 6) is -1.69. The average molecular weight is 600 g/mol. The number of methoxy groups -OCH3 is 1. The van der Waals surface area contributed by atoms with Crippen LogP contribution >= 0.6 is 34.8 Å². The molecule has 4 amide bonds. The molecule has 0 aromatic heterocycles. The highest BCUT2D eigenvalue weighted by Gasteiger charge is 2.39. The lowest BCUT2D eigenvalue weighted by atomic mass is 10.0. The van der Waals surface area contributed by atoms with Gasteiger partial charge in [-0.1, -0.05) is 40.9 Å². The maximum absolute atomic E-state index is 13.3. The molecule has 0 saturated carbocycles. The van der Waals surface area contributed by atoms with Crippen molar-refractivity contribution in [2.75, 3.05) is 12.0 Å². The van der Waals surface area contributed by atoms with Crippen LogP contribution in [0, 0.1) is 0 Å². The molecule has 4 rings (SSSR count). The maximum Gasteiger partial charge on any atom is 0.416 e. The fourth-order valence-corrected chi connectivity index (χ4v) is 4.24. The highest BCUT2D eigenvalue weighted by molar-refractivity contribution is 6.42. The number of nitrogens with zero attached hydrogens (tertiary/aromatic N) is 1. The SMILES string of the molecule is COc1ccc(/C=C2/C(=O)NC(=O)N(c3cc(C(F)(F)F)ccc3Cl)C2=O)c(OCc2ccc(Cl)cc2Cl)c1. The summed E-state index contributed by atoms with van der Waals surface area (Å²) in [6.07, 6.45) is -3.64. The van der Waals surface area contributed by atoms with E-state index < -0.39 is 40.8 Å². The summed E-state index contributed by atoms with van der Waals surface area (Å²) < 4.78 is 51.0. The van der Waals surface area contributed by atoms with Crippen LogP contribution in [0.25, 0.3) is 6.08 Å². The van der Waals surface area contributed by atoms with Crippen LogP contribution in [0.15, 0.2) is 60.2 Å². The molecule has 0 unspecified atom stereocenters. The molecule has 3 aromatic rings. The number of carbonyl (C=O) groups excluding carboxylic acids is 3. The van der Waals surface area contributed by atoms with Crippen LogP contribution in [-0.2, 0) is 22.4 Å². The fourth-order valence-electron chi connectivity index (χ4n) is 3.57. The summed E-state index contributed by atoms with van der Waals surface area (Å²) in [5, 5.41) is 2.41. The molecule has 13 heteroatoms. The number of carbonyl (C=O) groups is 3. The lowest BCUT2D eigenvalue weighted by Crippen LogP contribution is -2.54. The first-order valence-corrected chi connectivity index (χ1v) is 12.1. The molecule has 0 radical (unpaired) electrons. The van der Waals surface area contributed by atoms with E-state index in [1.54, 1.807) is 12.1 Å². The van der Waals surface area contributed by atoms with Crippen molar-refractivity contribution in [3.05, 3.63) is 91.9 Å². The number of imide groups is 2. The topological polar surface area (TPSA) is 84.9 Å². The molecule has 1 aliphatic rings. The van der Waals surface area contributed by atoms with Gasteiger partial charge in [-0.05, 0) is 48.5 Å². The number of nitrogens with one attached hydrogen (secondary N) is 1. The van der Waals surface area contributed by atoms with Gasteiger partial charge in [0.1, 0.15) is 23.7 Å². The Bertz CT molecular complexity index is 1530. The number of hydrogen-bond acceptors (Lipinski definition) is 5. The van der Waals surface area contributed by atoms with Crippen molar-refractivity contribution >= 4 is 64.4 Å². The summed E-state index contributed by atoms with van der Waals surface area (Å²) in [6, 6.07) is 10.2. The van der Waals surface area contributed by atoms with Crippen LogP contribution in [-0.4, -0.2) is 25.0 Å². The van der Waals surface area contributed by atoms with Crippen LogP contribution in [0.2, 0.25) is 15.1 Å². The Balaban J connectivity index is 1.73. The molecule has 0 bridgehead atoms. The first-order chi connectivity index (χ1) is 18.4. The number of halogens is 6. The third-order valence-electron chi connectivity index (χ3n) is 5.53. The number of hydrogen-bond donors (Lipinski definition) is 1. The second-order valence-corrected chi connectivity index (χ2v) is 9.30. The van der Waals surface area contributed by atoms with Gasteiger partial charge in [-0.25, -0.2) is 9.69 Å². The molecule has 0 aliphatic carbocycles. The van der Waals surface area contributed by atoms with Crippen molar-refractivity contribution in [2.45, 2.75) is 12.8 Å². The molecule has 7 nitrogen and oxygen atoms in total. The predicted octanol–water partition coefficient (Wildman–Crippen LogP) is 6.92.